The van der Waals surface area contributed by atoms with Crippen molar-refractivity contribution < 1.29 is 9.32 Å². The van der Waals surface area contributed by atoms with Crippen molar-refractivity contribution >= 4 is 17.7 Å². The van der Waals surface area contributed by atoms with E-state index in [1.165, 1.54) is 0 Å². The highest BCUT2D eigenvalue weighted by Crippen LogP contribution is 2.12. The summed E-state index contributed by atoms with van der Waals surface area (Å²) in [6.07, 6.45) is 0. The fourth-order valence-electron chi connectivity index (χ4n) is 2.11. The average Bonchev–Trinajstić information content (AvgIpc) is 2.82. The molecule has 0 aliphatic heterocycles. The first-order chi connectivity index (χ1) is 10.9. The van der Waals surface area contributed by atoms with Crippen molar-refractivity contribution in [2.75, 3.05) is 37.4 Å². The zero-order valence-electron chi connectivity index (χ0n) is 14.1. The molecule has 0 aliphatic rings. The van der Waals surface area contributed by atoms with Crippen LogP contribution in [0.3, 0.4) is 0 Å². The van der Waals surface area contributed by atoms with Crippen LogP contribution in [0.2, 0.25) is 0 Å². The third-order valence-electron chi connectivity index (χ3n) is 3.25. The molecule has 124 valence electrons. The van der Waals surface area contributed by atoms with E-state index in [4.69, 9.17) is 4.52 Å². The van der Waals surface area contributed by atoms with Crippen molar-refractivity contribution in [2.24, 2.45) is 0 Å². The summed E-state index contributed by atoms with van der Waals surface area (Å²) in [5.41, 5.74) is 1.96. The first-order valence-electron chi connectivity index (χ1n) is 7.36. The number of carbonyl (C=O) groups excluding carboxylic acids is 1. The van der Waals surface area contributed by atoms with Crippen LogP contribution >= 0.6 is 0 Å². The summed E-state index contributed by atoms with van der Waals surface area (Å²) in [5.74, 6) is 1.70. The van der Waals surface area contributed by atoms with E-state index in [1.54, 1.807) is 13.8 Å². The second-order valence-corrected chi connectivity index (χ2v) is 5.47. The number of carbonyl (C=O) groups is 1. The Bertz CT molecular complexity index is 676. The Morgan fingerprint density at radius 1 is 1.22 bits per heavy atom. The highest BCUT2D eigenvalue weighted by Gasteiger charge is 2.16. The minimum absolute atomic E-state index is 0.192. The van der Waals surface area contributed by atoms with Gasteiger partial charge in [0.25, 0.3) is 5.91 Å². The molecule has 0 aliphatic carbocycles. The van der Waals surface area contributed by atoms with E-state index in [-0.39, 0.29) is 5.91 Å². The summed E-state index contributed by atoms with van der Waals surface area (Å²) >= 11 is 0. The molecule has 0 aromatic carbocycles. The van der Waals surface area contributed by atoms with Crippen LogP contribution in [0.5, 0.6) is 0 Å². The molecule has 0 bridgehead atoms. The lowest BCUT2D eigenvalue weighted by atomic mass is 10.2. The van der Waals surface area contributed by atoms with Gasteiger partial charge in [0.1, 0.15) is 17.1 Å². The zero-order valence-corrected chi connectivity index (χ0v) is 14.1. The van der Waals surface area contributed by atoms with Gasteiger partial charge in [0.15, 0.2) is 0 Å². The summed E-state index contributed by atoms with van der Waals surface area (Å²) in [4.78, 5) is 22.7. The molecule has 8 heteroatoms. The highest BCUT2D eigenvalue weighted by atomic mass is 16.5. The van der Waals surface area contributed by atoms with Crippen LogP contribution < -0.4 is 15.5 Å². The minimum atomic E-state index is -0.192. The lowest BCUT2D eigenvalue weighted by Crippen LogP contribution is -2.29. The van der Waals surface area contributed by atoms with Crippen molar-refractivity contribution in [3.8, 4) is 0 Å². The van der Waals surface area contributed by atoms with Gasteiger partial charge in [0.2, 0.25) is 5.95 Å². The number of nitrogens with zero attached hydrogens (tertiary/aromatic N) is 4. The number of amides is 1. The SMILES string of the molecule is Cc1cc(N(C)C)nc(NCCNC(=O)c2c(C)noc2C)n1. The maximum atomic E-state index is 12.1. The Kier molecular flexibility index (Phi) is 5.15. The summed E-state index contributed by atoms with van der Waals surface area (Å²) in [6, 6.07) is 1.91. The van der Waals surface area contributed by atoms with E-state index in [2.05, 4.69) is 25.8 Å². The Morgan fingerprint density at radius 2 is 1.96 bits per heavy atom. The van der Waals surface area contributed by atoms with Gasteiger partial charge < -0.3 is 20.1 Å². The number of hydrogen-bond donors (Lipinski definition) is 2. The van der Waals surface area contributed by atoms with Gasteiger partial charge in [-0.3, -0.25) is 4.79 Å². The summed E-state index contributed by atoms with van der Waals surface area (Å²) in [5, 5.41) is 9.70. The largest absolute Gasteiger partial charge is 0.363 e. The monoisotopic (exact) mass is 318 g/mol. The van der Waals surface area contributed by atoms with Crippen LogP contribution in [-0.2, 0) is 0 Å². The number of nitrogens with one attached hydrogen (secondary N) is 2. The number of anilines is 2. The van der Waals surface area contributed by atoms with Crippen LogP contribution in [0, 0.1) is 20.8 Å². The van der Waals surface area contributed by atoms with Gasteiger partial charge in [0, 0.05) is 38.9 Å². The number of rotatable bonds is 6. The molecule has 2 N–H and O–H groups in total. The lowest BCUT2D eigenvalue weighted by Gasteiger charge is -2.13. The molecule has 2 heterocycles. The van der Waals surface area contributed by atoms with Crippen LogP contribution in [0.15, 0.2) is 10.6 Å². The van der Waals surface area contributed by atoms with Gasteiger partial charge in [-0.15, -0.1) is 0 Å². The number of aryl methyl sites for hydroxylation is 3. The van der Waals surface area contributed by atoms with Crippen LogP contribution in [0.25, 0.3) is 0 Å². The zero-order chi connectivity index (χ0) is 17.0. The standard InChI is InChI=1S/C15H22N6O2/c1-9-8-12(21(4)5)19-15(18-9)17-7-6-16-14(22)13-10(2)20-23-11(13)3/h8H,6-7H2,1-5H3,(H,16,22)(H,17,18,19). The molecule has 2 aromatic rings. The van der Waals surface area contributed by atoms with Crippen LogP contribution in [0.4, 0.5) is 11.8 Å². The van der Waals surface area contributed by atoms with E-state index in [1.807, 2.05) is 32.0 Å². The van der Waals surface area contributed by atoms with Crippen LogP contribution in [-0.4, -0.2) is 48.2 Å². The van der Waals surface area contributed by atoms with Gasteiger partial charge in [-0.1, -0.05) is 5.16 Å². The van der Waals surface area contributed by atoms with Crippen molar-refractivity contribution in [1.82, 2.24) is 20.4 Å². The summed E-state index contributed by atoms with van der Waals surface area (Å²) in [6.45, 7) is 6.34. The molecule has 0 unspecified atom stereocenters. The van der Waals surface area contributed by atoms with E-state index >= 15 is 0 Å². The molecule has 0 atom stereocenters. The minimum Gasteiger partial charge on any atom is -0.363 e. The molecule has 0 saturated carbocycles. The van der Waals surface area contributed by atoms with E-state index in [0.717, 1.165) is 11.5 Å². The predicted molar refractivity (Wildman–Crippen MR) is 87.9 cm³/mol. The number of aromatic nitrogens is 3. The fourth-order valence-corrected chi connectivity index (χ4v) is 2.11. The third-order valence-corrected chi connectivity index (χ3v) is 3.25. The van der Waals surface area contributed by atoms with Crippen molar-refractivity contribution in [1.29, 1.82) is 0 Å². The van der Waals surface area contributed by atoms with Gasteiger partial charge in [0.05, 0.1) is 5.69 Å². The molecule has 0 saturated heterocycles. The maximum absolute atomic E-state index is 12.1. The van der Waals surface area contributed by atoms with Gasteiger partial charge >= 0.3 is 0 Å². The summed E-state index contributed by atoms with van der Waals surface area (Å²) < 4.78 is 4.99. The van der Waals surface area contributed by atoms with E-state index < -0.39 is 0 Å². The Hall–Kier alpha value is -2.64. The Labute approximate surface area is 135 Å². The Morgan fingerprint density at radius 3 is 2.57 bits per heavy atom. The maximum Gasteiger partial charge on any atom is 0.256 e. The van der Waals surface area contributed by atoms with Gasteiger partial charge in [-0.05, 0) is 20.8 Å². The van der Waals surface area contributed by atoms with E-state index in [9.17, 15) is 4.79 Å². The fraction of sp³-hybridized carbons (Fsp3) is 0.467. The summed E-state index contributed by atoms with van der Waals surface area (Å²) in [7, 11) is 3.85. The molecule has 2 aromatic heterocycles. The van der Waals surface area contributed by atoms with E-state index in [0.29, 0.717) is 36.1 Å². The van der Waals surface area contributed by atoms with Crippen molar-refractivity contribution in [2.45, 2.75) is 20.8 Å². The number of hydrogen-bond acceptors (Lipinski definition) is 7. The normalized spacial score (nSPS) is 10.5. The highest BCUT2D eigenvalue weighted by molar-refractivity contribution is 5.96. The molecular weight excluding hydrogens is 296 g/mol. The van der Waals surface area contributed by atoms with Crippen molar-refractivity contribution in [3.63, 3.8) is 0 Å². The molecular formula is C15H22N6O2. The van der Waals surface area contributed by atoms with Gasteiger partial charge in [-0.2, -0.15) is 4.98 Å². The Balaban J connectivity index is 1.87. The third kappa shape index (κ3) is 4.18. The topological polar surface area (TPSA) is 96.2 Å². The van der Waals surface area contributed by atoms with Crippen LogP contribution in [0.1, 0.15) is 27.5 Å². The molecule has 0 fully saturated rings. The molecule has 23 heavy (non-hydrogen) atoms. The first kappa shape index (κ1) is 16.7. The first-order valence-corrected chi connectivity index (χ1v) is 7.36. The van der Waals surface area contributed by atoms with Crippen molar-refractivity contribution in [3.05, 3.63) is 28.8 Å². The second-order valence-electron chi connectivity index (χ2n) is 5.47. The molecule has 2 rings (SSSR count). The quantitative estimate of drug-likeness (QED) is 0.775. The molecule has 8 nitrogen and oxygen atoms in total. The van der Waals surface area contributed by atoms with Gasteiger partial charge in [-0.25, -0.2) is 4.98 Å². The molecule has 1 amide bonds. The molecule has 0 spiro atoms. The second kappa shape index (κ2) is 7.08. The predicted octanol–water partition coefficient (Wildman–Crippen LogP) is 1.30. The molecule has 0 radical (unpaired) electrons. The average molecular weight is 318 g/mol. The smallest absolute Gasteiger partial charge is 0.256 e. The lowest BCUT2D eigenvalue weighted by molar-refractivity contribution is 0.0953.